The van der Waals surface area contributed by atoms with Gasteiger partial charge in [-0.15, -0.1) is 0 Å². The van der Waals surface area contributed by atoms with Crippen LogP contribution in [-0.2, 0) is 4.79 Å². The highest BCUT2D eigenvalue weighted by Gasteiger charge is 2.19. The number of hydrogen-bond donors (Lipinski definition) is 1. The standard InChI is InChI=1S/C22H37NO/c1-3-5-7-8-9-10-11-15-18-21(20-16-13-12-14-17-20)22(24)23-19-6-4-2/h12-14,16-17,21H,3-11,15,18-19H2,1-2H3,(H,23,24). The zero-order valence-electron chi connectivity index (χ0n) is 15.9. The van der Waals surface area contributed by atoms with E-state index in [4.69, 9.17) is 0 Å². The van der Waals surface area contributed by atoms with E-state index < -0.39 is 0 Å². The first-order valence-corrected chi connectivity index (χ1v) is 10.1. The number of carbonyl (C=O) groups excluding carboxylic acids is 1. The topological polar surface area (TPSA) is 29.1 Å². The third kappa shape index (κ3) is 9.10. The summed E-state index contributed by atoms with van der Waals surface area (Å²) < 4.78 is 0. The lowest BCUT2D eigenvalue weighted by atomic mass is 9.92. The number of unbranched alkanes of at least 4 members (excludes halogenated alkanes) is 8. The first-order valence-electron chi connectivity index (χ1n) is 10.1. The Morgan fingerprint density at radius 2 is 1.42 bits per heavy atom. The summed E-state index contributed by atoms with van der Waals surface area (Å²) in [5, 5.41) is 3.12. The summed E-state index contributed by atoms with van der Waals surface area (Å²) in [5.41, 5.74) is 1.16. The summed E-state index contributed by atoms with van der Waals surface area (Å²) in [7, 11) is 0. The smallest absolute Gasteiger partial charge is 0.227 e. The largest absolute Gasteiger partial charge is 0.356 e. The van der Waals surface area contributed by atoms with E-state index in [0.717, 1.165) is 37.8 Å². The van der Waals surface area contributed by atoms with E-state index in [0.29, 0.717) is 0 Å². The number of benzene rings is 1. The molecule has 1 unspecified atom stereocenters. The van der Waals surface area contributed by atoms with Gasteiger partial charge in [0.25, 0.3) is 0 Å². The van der Waals surface area contributed by atoms with E-state index in [1.54, 1.807) is 0 Å². The molecule has 0 bridgehead atoms. The summed E-state index contributed by atoms with van der Waals surface area (Å²) in [6, 6.07) is 10.3. The molecule has 1 amide bonds. The van der Waals surface area contributed by atoms with Crippen LogP contribution in [0, 0.1) is 0 Å². The molecule has 0 aliphatic heterocycles. The summed E-state index contributed by atoms with van der Waals surface area (Å²) in [5.74, 6) is 0.223. The van der Waals surface area contributed by atoms with Crippen LogP contribution in [0.15, 0.2) is 30.3 Å². The second-order valence-corrected chi connectivity index (χ2v) is 6.87. The molecule has 1 rings (SSSR count). The molecule has 0 aliphatic rings. The maximum Gasteiger partial charge on any atom is 0.227 e. The van der Waals surface area contributed by atoms with Crippen molar-refractivity contribution in [3.05, 3.63) is 35.9 Å². The van der Waals surface area contributed by atoms with Gasteiger partial charge < -0.3 is 5.32 Å². The fourth-order valence-corrected chi connectivity index (χ4v) is 3.13. The van der Waals surface area contributed by atoms with Crippen molar-refractivity contribution in [1.29, 1.82) is 0 Å². The van der Waals surface area contributed by atoms with Crippen LogP contribution in [-0.4, -0.2) is 12.5 Å². The van der Waals surface area contributed by atoms with Crippen molar-refractivity contribution < 1.29 is 4.79 Å². The molecule has 136 valence electrons. The van der Waals surface area contributed by atoms with Crippen LogP contribution < -0.4 is 5.32 Å². The highest BCUT2D eigenvalue weighted by Crippen LogP contribution is 2.23. The molecule has 24 heavy (non-hydrogen) atoms. The van der Waals surface area contributed by atoms with Crippen LogP contribution in [0.2, 0.25) is 0 Å². The van der Waals surface area contributed by atoms with E-state index >= 15 is 0 Å². The normalized spacial score (nSPS) is 12.1. The average Bonchev–Trinajstić information content (AvgIpc) is 2.61. The Morgan fingerprint density at radius 1 is 0.833 bits per heavy atom. The van der Waals surface area contributed by atoms with Crippen molar-refractivity contribution >= 4 is 5.91 Å². The second-order valence-electron chi connectivity index (χ2n) is 6.87. The van der Waals surface area contributed by atoms with Crippen molar-refractivity contribution in [1.82, 2.24) is 5.32 Å². The maximum absolute atomic E-state index is 12.5. The second kappa shape index (κ2) is 14.1. The van der Waals surface area contributed by atoms with E-state index in [1.165, 1.54) is 44.9 Å². The highest BCUT2D eigenvalue weighted by atomic mass is 16.1. The van der Waals surface area contributed by atoms with E-state index in [2.05, 4.69) is 31.3 Å². The Balaban J connectivity index is 2.35. The quantitative estimate of drug-likeness (QED) is 0.403. The Morgan fingerprint density at radius 3 is 2.04 bits per heavy atom. The third-order valence-electron chi connectivity index (χ3n) is 4.69. The number of carbonyl (C=O) groups is 1. The number of rotatable bonds is 14. The summed E-state index contributed by atoms with van der Waals surface area (Å²) in [6.45, 7) is 5.21. The molecule has 0 aromatic heterocycles. The summed E-state index contributed by atoms with van der Waals surface area (Å²) in [6.07, 6.45) is 13.6. The van der Waals surface area contributed by atoms with Crippen LogP contribution in [0.3, 0.4) is 0 Å². The number of amides is 1. The van der Waals surface area contributed by atoms with Gasteiger partial charge in [-0.05, 0) is 18.4 Å². The van der Waals surface area contributed by atoms with Gasteiger partial charge in [0.15, 0.2) is 0 Å². The lowest BCUT2D eigenvalue weighted by Crippen LogP contribution is -2.30. The monoisotopic (exact) mass is 331 g/mol. The van der Waals surface area contributed by atoms with Gasteiger partial charge in [0.05, 0.1) is 5.92 Å². The minimum atomic E-state index is 0.0168. The third-order valence-corrected chi connectivity index (χ3v) is 4.69. The van der Waals surface area contributed by atoms with Crippen molar-refractivity contribution in [3.8, 4) is 0 Å². The molecule has 0 saturated carbocycles. The lowest BCUT2D eigenvalue weighted by Gasteiger charge is -2.17. The molecule has 0 fully saturated rings. The van der Waals surface area contributed by atoms with E-state index in [9.17, 15) is 4.79 Å². The van der Waals surface area contributed by atoms with Gasteiger partial charge >= 0.3 is 0 Å². The summed E-state index contributed by atoms with van der Waals surface area (Å²) in [4.78, 5) is 12.5. The molecule has 2 nitrogen and oxygen atoms in total. The molecular formula is C22H37NO. The fraction of sp³-hybridized carbons (Fsp3) is 0.682. The lowest BCUT2D eigenvalue weighted by molar-refractivity contribution is -0.122. The zero-order chi connectivity index (χ0) is 17.5. The van der Waals surface area contributed by atoms with Crippen molar-refractivity contribution in [3.63, 3.8) is 0 Å². The SMILES string of the molecule is CCCCCCCCCCC(C(=O)NCCCC)c1ccccc1. The van der Waals surface area contributed by atoms with E-state index in [1.807, 2.05) is 18.2 Å². The Hall–Kier alpha value is -1.31. The zero-order valence-corrected chi connectivity index (χ0v) is 15.9. The Bertz CT molecular complexity index is 415. The first kappa shape index (κ1) is 20.7. The predicted molar refractivity (Wildman–Crippen MR) is 104 cm³/mol. The maximum atomic E-state index is 12.5. The van der Waals surface area contributed by atoms with Gasteiger partial charge in [-0.2, -0.15) is 0 Å². The molecule has 1 aromatic carbocycles. The number of hydrogen-bond acceptors (Lipinski definition) is 1. The Kier molecular flexibility index (Phi) is 12.2. The van der Waals surface area contributed by atoms with Gasteiger partial charge in [0.1, 0.15) is 0 Å². The van der Waals surface area contributed by atoms with Crippen LogP contribution in [0.4, 0.5) is 0 Å². The van der Waals surface area contributed by atoms with Crippen molar-refractivity contribution in [2.45, 2.75) is 90.4 Å². The van der Waals surface area contributed by atoms with Gasteiger partial charge in [0, 0.05) is 6.54 Å². The van der Waals surface area contributed by atoms with Crippen molar-refractivity contribution in [2.24, 2.45) is 0 Å². The van der Waals surface area contributed by atoms with Gasteiger partial charge in [-0.25, -0.2) is 0 Å². The highest BCUT2D eigenvalue weighted by molar-refractivity contribution is 5.83. The molecule has 1 aromatic rings. The molecule has 1 atom stereocenters. The molecule has 0 aliphatic carbocycles. The minimum Gasteiger partial charge on any atom is -0.356 e. The predicted octanol–water partition coefficient (Wildman–Crippen LogP) is 6.22. The summed E-state index contributed by atoms with van der Waals surface area (Å²) >= 11 is 0. The van der Waals surface area contributed by atoms with Crippen molar-refractivity contribution in [2.75, 3.05) is 6.54 Å². The Labute approximate surface area is 149 Å². The minimum absolute atomic E-state index is 0.0168. The van der Waals surface area contributed by atoms with Crippen LogP contribution in [0.25, 0.3) is 0 Å². The van der Waals surface area contributed by atoms with E-state index in [-0.39, 0.29) is 11.8 Å². The molecule has 0 spiro atoms. The van der Waals surface area contributed by atoms with Crippen LogP contribution in [0.1, 0.15) is 96.0 Å². The molecular weight excluding hydrogens is 294 g/mol. The molecule has 0 heterocycles. The van der Waals surface area contributed by atoms with Crippen LogP contribution in [0.5, 0.6) is 0 Å². The fourth-order valence-electron chi connectivity index (χ4n) is 3.13. The van der Waals surface area contributed by atoms with Gasteiger partial charge in [0.2, 0.25) is 5.91 Å². The average molecular weight is 332 g/mol. The molecule has 1 N–H and O–H groups in total. The van der Waals surface area contributed by atoms with Gasteiger partial charge in [-0.3, -0.25) is 4.79 Å². The molecule has 2 heteroatoms. The molecule has 0 saturated heterocycles. The number of nitrogens with one attached hydrogen (secondary N) is 1. The molecule has 0 radical (unpaired) electrons. The van der Waals surface area contributed by atoms with Gasteiger partial charge in [-0.1, -0.05) is 102 Å². The van der Waals surface area contributed by atoms with Crippen LogP contribution >= 0.6 is 0 Å². The first-order chi connectivity index (χ1) is 11.8.